The van der Waals surface area contributed by atoms with E-state index in [4.69, 9.17) is 4.74 Å². The Morgan fingerprint density at radius 1 is 1.36 bits per heavy atom. The van der Waals surface area contributed by atoms with Crippen LogP contribution in [0, 0.1) is 13.8 Å². The molecule has 76 valence electrons. The molecule has 0 aliphatic heterocycles. The van der Waals surface area contributed by atoms with E-state index in [2.05, 4.69) is 32.6 Å². The van der Waals surface area contributed by atoms with Crippen molar-refractivity contribution in [3.05, 3.63) is 35.9 Å². The van der Waals surface area contributed by atoms with Crippen molar-refractivity contribution < 1.29 is 4.74 Å². The first kappa shape index (κ1) is 11.4. The van der Waals surface area contributed by atoms with Crippen LogP contribution >= 0.6 is 0 Å². The third-order valence-corrected chi connectivity index (χ3v) is 4.69. The molecule has 1 aromatic rings. The molecule has 1 rings (SSSR count). The fraction of sp³-hybridized carbons (Fsp3) is 0.333. The van der Waals surface area contributed by atoms with Gasteiger partial charge in [0.05, 0.1) is 0 Å². The van der Waals surface area contributed by atoms with Crippen LogP contribution in [0.4, 0.5) is 0 Å². The molecule has 0 bridgehead atoms. The molecule has 1 aromatic carbocycles. The van der Waals surface area contributed by atoms with Crippen LogP contribution in [0.15, 0.2) is 24.8 Å². The zero-order valence-electron chi connectivity index (χ0n) is 8.96. The van der Waals surface area contributed by atoms with Gasteiger partial charge >= 0.3 is 92.1 Å². The number of methoxy groups -OCH3 is 1. The average Bonchev–Trinajstić information content (AvgIpc) is 2.20. The fourth-order valence-corrected chi connectivity index (χ4v) is 3.04. The van der Waals surface area contributed by atoms with Gasteiger partial charge in [-0.3, -0.25) is 0 Å². The molecule has 0 spiro atoms. The molecule has 0 N–H and O–H groups in total. The summed E-state index contributed by atoms with van der Waals surface area (Å²) < 4.78 is 6.73. The summed E-state index contributed by atoms with van der Waals surface area (Å²) in [5, 5.41) is 1.10. The molecule has 0 radical (unpaired) electrons. The Bertz CT molecular complexity index is 331. The van der Waals surface area contributed by atoms with Gasteiger partial charge in [-0.25, -0.2) is 0 Å². The van der Waals surface area contributed by atoms with Gasteiger partial charge in [0.2, 0.25) is 0 Å². The molecule has 0 saturated heterocycles. The van der Waals surface area contributed by atoms with Crippen LogP contribution in [0.25, 0.3) is 0 Å². The van der Waals surface area contributed by atoms with Crippen LogP contribution in [0.1, 0.15) is 11.1 Å². The summed E-state index contributed by atoms with van der Waals surface area (Å²) in [5.74, 6) is 0.987. The number of hydrogen-bond donors (Lipinski definition) is 0. The molecule has 0 unspecified atom stereocenters. The molecule has 0 aromatic heterocycles. The van der Waals surface area contributed by atoms with Crippen molar-refractivity contribution in [2.24, 2.45) is 0 Å². The molecule has 0 amide bonds. The van der Waals surface area contributed by atoms with Gasteiger partial charge in [0.15, 0.2) is 0 Å². The molecular weight excluding hydrogens is 239 g/mol. The number of rotatable bonds is 4. The molecule has 0 fully saturated rings. The fourth-order valence-electron chi connectivity index (χ4n) is 1.30. The van der Waals surface area contributed by atoms with E-state index in [1.165, 1.54) is 15.6 Å². The van der Waals surface area contributed by atoms with Gasteiger partial charge in [0.25, 0.3) is 0 Å². The van der Waals surface area contributed by atoms with Gasteiger partial charge in [0, 0.05) is 0 Å². The standard InChI is InChI=1S/C12H16OSe/c1-5-8-14-12-7-6-11(13-4)9(2)10(12)3/h5-7H,1,8H2,2-4H3. The molecular formula is C12H16OSe. The third-order valence-electron chi connectivity index (χ3n) is 2.26. The molecule has 14 heavy (non-hydrogen) atoms. The van der Waals surface area contributed by atoms with Crippen LogP contribution < -0.4 is 9.20 Å². The normalized spacial score (nSPS) is 9.93. The minimum atomic E-state index is 0.517. The third kappa shape index (κ3) is 2.40. The monoisotopic (exact) mass is 256 g/mol. The average molecular weight is 255 g/mol. The second-order valence-corrected chi connectivity index (χ2v) is 5.34. The summed E-state index contributed by atoms with van der Waals surface area (Å²) in [6.07, 6.45) is 1.99. The van der Waals surface area contributed by atoms with Gasteiger partial charge in [-0.15, -0.1) is 0 Å². The molecule has 0 saturated carbocycles. The van der Waals surface area contributed by atoms with E-state index in [-0.39, 0.29) is 0 Å². The van der Waals surface area contributed by atoms with Crippen LogP contribution in [-0.2, 0) is 0 Å². The van der Waals surface area contributed by atoms with E-state index in [0.717, 1.165) is 11.1 Å². The van der Waals surface area contributed by atoms with Crippen molar-refractivity contribution in [2.45, 2.75) is 19.2 Å². The van der Waals surface area contributed by atoms with Gasteiger partial charge < -0.3 is 0 Å². The predicted octanol–water partition coefficient (Wildman–Crippen LogP) is 2.25. The first-order valence-electron chi connectivity index (χ1n) is 4.58. The number of ether oxygens (including phenoxy) is 1. The predicted molar refractivity (Wildman–Crippen MR) is 62.9 cm³/mol. The minimum absolute atomic E-state index is 0.517. The van der Waals surface area contributed by atoms with Crippen molar-refractivity contribution in [2.75, 3.05) is 7.11 Å². The number of benzene rings is 1. The van der Waals surface area contributed by atoms with Gasteiger partial charge in [-0.2, -0.15) is 0 Å². The van der Waals surface area contributed by atoms with Gasteiger partial charge in [-0.05, 0) is 0 Å². The van der Waals surface area contributed by atoms with Crippen LogP contribution in [0.3, 0.4) is 0 Å². The second kappa shape index (κ2) is 5.23. The Hall–Kier alpha value is -0.721. The first-order valence-corrected chi connectivity index (χ1v) is 6.65. The summed E-state index contributed by atoms with van der Waals surface area (Å²) in [4.78, 5) is 0. The van der Waals surface area contributed by atoms with E-state index in [0.29, 0.717) is 15.0 Å². The number of allylic oxidation sites excluding steroid dienone is 1. The summed E-state index contributed by atoms with van der Waals surface area (Å²) in [5.41, 5.74) is 2.63. The molecule has 2 heteroatoms. The van der Waals surface area contributed by atoms with Crippen molar-refractivity contribution in [3.8, 4) is 5.75 Å². The van der Waals surface area contributed by atoms with E-state index in [9.17, 15) is 0 Å². The van der Waals surface area contributed by atoms with Crippen LogP contribution in [0.2, 0.25) is 5.32 Å². The Labute approximate surface area is 92.3 Å². The van der Waals surface area contributed by atoms with Gasteiger partial charge in [0.1, 0.15) is 0 Å². The van der Waals surface area contributed by atoms with E-state index >= 15 is 0 Å². The Morgan fingerprint density at radius 3 is 2.64 bits per heavy atom. The van der Waals surface area contributed by atoms with E-state index in [1.807, 2.05) is 6.08 Å². The summed E-state index contributed by atoms with van der Waals surface area (Å²) >= 11 is 0.517. The zero-order valence-corrected chi connectivity index (χ0v) is 10.7. The molecule has 1 nitrogen and oxygen atoms in total. The van der Waals surface area contributed by atoms with E-state index < -0.39 is 0 Å². The van der Waals surface area contributed by atoms with Gasteiger partial charge in [-0.1, -0.05) is 0 Å². The molecule has 0 heterocycles. The Balaban J connectivity index is 2.98. The van der Waals surface area contributed by atoms with Crippen molar-refractivity contribution >= 4 is 19.4 Å². The first-order chi connectivity index (χ1) is 6.70. The maximum atomic E-state index is 5.27. The SMILES string of the molecule is C=CC[Se]c1ccc(OC)c(C)c1C. The maximum absolute atomic E-state index is 5.27. The van der Waals surface area contributed by atoms with Crippen molar-refractivity contribution in [1.29, 1.82) is 0 Å². The summed E-state index contributed by atoms with van der Waals surface area (Å²) in [7, 11) is 1.72. The topological polar surface area (TPSA) is 9.23 Å². The summed E-state index contributed by atoms with van der Waals surface area (Å²) in [6.45, 7) is 8.03. The molecule has 0 atom stereocenters. The quantitative estimate of drug-likeness (QED) is 0.592. The van der Waals surface area contributed by atoms with E-state index in [1.54, 1.807) is 7.11 Å². The Kier molecular flexibility index (Phi) is 4.24. The van der Waals surface area contributed by atoms with Crippen molar-refractivity contribution in [1.82, 2.24) is 0 Å². The zero-order chi connectivity index (χ0) is 10.6. The van der Waals surface area contributed by atoms with Crippen LogP contribution in [0.5, 0.6) is 5.75 Å². The Morgan fingerprint density at radius 2 is 2.07 bits per heavy atom. The number of hydrogen-bond acceptors (Lipinski definition) is 1. The second-order valence-electron chi connectivity index (χ2n) is 3.12. The van der Waals surface area contributed by atoms with Crippen molar-refractivity contribution in [3.63, 3.8) is 0 Å². The summed E-state index contributed by atoms with van der Waals surface area (Å²) in [6, 6.07) is 4.23. The molecule has 0 aliphatic rings. The molecule has 0 aliphatic carbocycles. The van der Waals surface area contributed by atoms with Crippen LogP contribution in [-0.4, -0.2) is 22.1 Å².